The molecule has 0 aromatic heterocycles. The van der Waals surface area contributed by atoms with E-state index < -0.39 is 33.8 Å². The summed E-state index contributed by atoms with van der Waals surface area (Å²) in [6.45, 7) is 0.0915. The number of rotatable bonds is 9. The standard InChI is InChI=1S/C27H27N3O7S/c1-36-23-13-10-19(16-24(23)37-2)26(32)29(15-14-18-8-11-21(12-9-18)38(28,34)35)22-17-25(31)30(27(22)33)20-6-4-3-5-7-20/h3-13,16,22H,14-15,17H2,1-2H3,(H2,28,34,35). The predicted octanol–water partition coefficient (Wildman–Crippen LogP) is 2.37. The van der Waals surface area contributed by atoms with Crippen molar-refractivity contribution in [1.29, 1.82) is 0 Å². The van der Waals surface area contributed by atoms with E-state index in [1.807, 2.05) is 0 Å². The summed E-state index contributed by atoms with van der Waals surface area (Å²) in [5, 5.41) is 5.18. The van der Waals surface area contributed by atoms with Gasteiger partial charge in [-0.2, -0.15) is 0 Å². The number of anilines is 1. The minimum absolute atomic E-state index is 0.0328. The summed E-state index contributed by atoms with van der Waals surface area (Å²) in [6.07, 6.45) is 0.129. The van der Waals surface area contributed by atoms with E-state index in [4.69, 9.17) is 14.6 Å². The highest BCUT2D eigenvalue weighted by Gasteiger charge is 2.44. The van der Waals surface area contributed by atoms with Gasteiger partial charge < -0.3 is 14.4 Å². The molecule has 1 fully saturated rings. The molecule has 0 radical (unpaired) electrons. The van der Waals surface area contributed by atoms with Crippen LogP contribution in [0.15, 0.2) is 77.7 Å². The minimum Gasteiger partial charge on any atom is -0.493 e. The second-order valence-electron chi connectivity index (χ2n) is 8.63. The number of para-hydroxylation sites is 1. The number of carbonyl (C=O) groups excluding carboxylic acids is 3. The number of nitrogens with two attached hydrogens (primary N) is 1. The molecule has 11 heteroatoms. The summed E-state index contributed by atoms with van der Waals surface area (Å²) in [7, 11) is -0.916. The molecule has 38 heavy (non-hydrogen) atoms. The molecule has 198 valence electrons. The van der Waals surface area contributed by atoms with E-state index in [0.717, 1.165) is 10.5 Å². The first-order chi connectivity index (χ1) is 18.1. The SMILES string of the molecule is COc1ccc(C(=O)N(CCc2ccc(S(N)(=O)=O)cc2)C2CC(=O)N(c3ccccc3)C2=O)cc1OC. The quantitative estimate of drug-likeness (QED) is 0.414. The smallest absolute Gasteiger partial charge is 0.257 e. The van der Waals surface area contributed by atoms with E-state index in [9.17, 15) is 22.8 Å². The van der Waals surface area contributed by atoms with Crippen LogP contribution in [0.4, 0.5) is 5.69 Å². The Morgan fingerprint density at radius 3 is 2.24 bits per heavy atom. The molecule has 0 aliphatic carbocycles. The lowest BCUT2D eigenvalue weighted by Crippen LogP contribution is -2.46. The second kappa shape index (κ2) is 11.0. The Morgan fingerprint density at radius 2 is 1.63 bits per heavy atom. The Hall–Kier alpha value is -4.22. The first-order valence-corrected chi connectivity index (χ1v) is 13.2. The van der Waals surface area contributed by atoms with Gasteiger partial charge in [0.05, 0.1) is 31.2 Å². The van der Waals surface area contributed by atoms with Crippen molar-refractivity contribution >= 4 is 33.4 Å². The largest absolute Gasteiger partial charge is 0.493 e. The molecular formula is C27H27N3O7S. The van der Waals surface area contributed by atoms with Gasteiger partial charge in [-0.15, -0.1) is 0 Å². The molecule has 3 amide bonds. The van der Waals surface area contributed by atoms with E-state index in [1.165, 1.54) is 37.3 Å². The molecule has 0 spiro atoms. The highest BCUT2D eigenvalue weighted by Crippen LogP contribution is 2.30. The fourth-order valence-electron chi connectivity index (χ4n) is 4.34. The fraction of sp³-hybridized carbons (Fsp3) is 0.222. The van der Waals surface area contributed by atoms with Crippen LogP contribution in [0.2, 0.25) is 0 Å². The van der Waals surface area contributed by atoms with Crippen LogP contribution >= 0.6 is 0 Å². The zero-order valence-corrected chi connectivity index (χ0v) is 21.7. The van der Waals surface area contributed by atoms with E-state index in [1.54, 1.807) is 54.6 Å². The molecule has 10 nitrogen and oxygen atoms in total. The Kier molecular flexibility index (Phi) is 7.79. The van der Waals surface area contributed by atoms with Gasteiger partial charge in [-0.05, 0) is 54.4 Å². The van der Waals surface area contributed by atoms with Crippen LogP contribution in [-0.2, 0) is 26.0 Å². The first-order valence-electron chi connectivity index (χ1n) is 11.7. The summed E-state index contributed by atoms with van der Waals surface area (Å²) in [5.74, 6) is -0.592. The third kappa shape index (κ3) is 5.53. The third-order valence-corrected chi connectivity index (χ3v) is 7.23. The number of nitrogens with zero attached hydrogens (tertiary/aromatic N) is 2. The molecule has 1 heterocycles. The Morgan fingerprint density at radius 1 is 0.974 bits per heavy atom. The van der Waals surface area contributed by atoms with E-state index in [0.29, 0.717) is 23.6 Å². The number of amides is 3. The van der Waals surface area contributed by atoms with Crippen LogP contribution in [0, 0.1) is 0 Å². The van der Waals surface area contributed by atoms with Crippen LogP contribution in [0.5, 0.6) is 11.5 Å². The third-order valence-electron chi connectivity index (χ3n) is 6.30. The topological polar surface area (TPSA) is 136 Å². The number of sulfonamides is 1. The number of carbonyl (C=O) groups is 3. The maximum Gasteiger partial charge on any atom is 0.257 e. The number of ether oxygens (including phenoxy) is 2. The van der Waals surface area contributed by atoms with Crippen molar-refractivity contribution < 1.29 is 32.3 Å². The lowest BCUT2D eigenvalue weighted by molar-refractivity contribution is -0.122. The van der Waals surface area contributed by atoms with Gasteiger partial charge in [-0.25, -0.2) is 18.5 Å². The van der Waals surface area contributed by atoms with Crippen LogP contribution < -0.4 is 19.5 Å². The molecule has 2 N–H and O–H groups in total. The fourth-order valence-corrected chi connectivity index (χ4v) is 4.85. The molecule has 4 rings (SSSR count). The maximum atomic E-state index is 13.8. The van der Waals surface area contributed by atoms with Crippen molar-refractivity contribution in [3.05, 3.63) is 83.9 Å². The van der Waals surface area contributed by atoms with Gasteiger partial charge in [0.2, 0.25) is 15.9 Å². The Balaban J connectivity index is 1.65. The van der Waals surface area contributed by atoms with Gasteiger partial charge in [-0.3, -0.25) is 14.4 Å². The molecule has 1 atom stereocenters. The molecular weight excluding hydrogens is 510 g/mol. The number of hydrogen-bond donors (Lipinski definition) is 1. The number of benzene rings is 3. The zero-order valence-electron chi connectivity index (χ0n) is 20.9. The molecule has 1 aliphatic rings. The monoisotopic (exact) mass is 537 g/mol. The molecule has 1 aliphatic heterocycles. The van der Waals surface area contributed by atoms with Crippen molar-refractivity contribution in [2.45, 2.75) is 23.8 Å². The Bertz CT molecular complexity index is 1460. The lowest BCUT2D eigenvalue weighted by atomic mass is 10.1. The van der Waals surface area contributed by atoms with Gasteiger partial charge in [0.25, 0.3) is 11.8 Å². The van der Waals surface area contributed by atoms with E-state index in [2.05, 4.69) is 0 Å². The summed E-state index contributed by atoms with van der Waals surface area (Å²) < 4.78 is 33.7. The van der Waals surface area contributed by atoms with Crippen LogP contribution in [0.3, 0.4) is 0 Å². The van der Waals surface area contributed by atoms with Gasteiger partial charge in [0.1, 0.15) is 6.04 Å². The van der Waals surface area contributed by atoms with Crippen molar-refractivity contribution in [2.24, 2.45) is 5.14 Å². The summed E-state index contributed by atoms with van der Waals surface area (Å²) in [4.78, 5) is 42.6. The molecule has 3 aromatic rings. The number of methoxy groups -OCH3 is 2. The van der Waals surface area contributed by atoms with Crippen LogP contribution in [-0.4, -0.2) is 57.8 Å². The van der Waals surface area contributed by atoms with Gasteiger partial charge in [0.15, 0.2) is 11.5 Å². The van der Waals surface area contributed by atoms with Crippen LogP contribution in [0.25, 0.3) is 0 Å². The van der Waals surface area contributed by atoms with Crippen molar-refractivity contribution in [3.8, 4) is 11.5 Å². The zero-order chi connectivity index (χ0) is 27.4. The average molecular weight is 538 g/mol. The van der Waals surface area contributed by atoms with Crippen molar-refractivity contribution in [3.63, 3.8) is 0 Å². The highest BCUT2D eigenvalue weighted by atomic mass is 32.2. The molecule has 0 bridgehead atoms. The second-order valence-corrected chi connectivity index (χ2v) is 10.2. The van der Waals surface area contributed by atoms with Gasteiger partial charge in [0, 0.05) is 12.1 Å². The normalized spacial score (nSPS) is 15.4. The maximum absolute atomic E-state index is 13.8. The summed E-state index contributed by atoms with van der Waals surface area (Å²) >= 11 is 0. The Labute approximate surface area is 220 Å². The minimum atomic E-state index is -3.85. The van der Waals surface area contributed by atoms with Crippen molar-refractivity contribution in [2.75, 3.05) is 25.7 Å². The lowest BCUT2D eigenvalue weighted by Gasteiger charge is -2.28. The predicted molar refractivity (Wildman–Crippen MR) is 139 cm³/mol. The number of hydrogen-bond acceptors (Lipinski definition) is 7. The van der Waals surface area contributed by atoms with Gasteiger partial charge in [-0.1, -0.05) is 30.3 Å². The molecule has 1 saturated heterocycles. The number of primary sulfonamides is 1. The van der Waals surface area contributed by atoms with Crippen LogP contribution in [0.1, 0.15) is 22.3 Å². The summed E-state index contributed by atoms with van der Waals surface area (Å²) in [6, 6.07) is 18.1. The molecule has 0 saturated carbocycles. The molecule has 3 aromatic carbocycles. The van der Waals surface area contributed by atoms with Crippen molar-refractivity contribution in [1.82, 2.24) is 4.90 Å². The highest BCUT2D eigenvalue weighted by molar-refractivity contribution is 7.89. The van der Waals surface area contributed by atoms with Gasteiger partial charge >= 0.3 is 0 Å². The average Bonchev–Trinajstić information content (AvgIpc) is 3.21. The van der Waals surface area contributed by atoms with E-state index >= 15 is 0 Å². The number of imide groups is 1. The van der Waals surface area contributed by atoms with E-state index in [-0.39, 0.29) is 23.4 Å². The first kappa shape index (κ1) is 26.8. The molecule has 1 unspecified atom stereocenters. The summed E-state index contributed by atoms with van der Waals surface area (Å²) in [5.41, 5.74) is 1.41.